The van der Waals surface area contributed by atoms with Gasteiger partial charge < -0.3 is 14.7 Å². The molecule has 1 heterocycles. The van der Waals surface area contributed by atoms with Crippen LogP contribution in [0.2, 0.25) is 0 Å². The van der Waals surface area contributed by atoms with Gasteiger partial charge in [0.25, 0.3) is 0 Å². The third-order valence-electron chi connectivity index (χ3n) is 3.57. The Morgan fingerprint density at radius 3 is 2.50 bits per heavy atom. The van der Waals surface area contributed by atoms with Gasteiger partial charge in [-0.15, -0.1) is 0 Å². The predicted octanol–water partition coefficient (Wildman–Crippen LogP) is 2.79. The first kappa shape index (κ1) is 16.3. The number of carbonyl (C=O) groups is 2. The molecule has 0 aromatic heterocycles. The predicted molar refractivity (Wildman–Crippen MR) is 78.1 cm³/mol. The lowest BCUT2D eigenvalue weighted by Gasteiger charge is -2.49. The summed E-state index contributed by atoms with van der Waals surface area (Å²) in [5.41, 5.74) is -0.777. The molecule has 1 amide bonds. The Hall–Kier alpha value is -2.11. The van der Waals surface area contributed by atoms with E-state index in [1.165, 1.54) is 17.0 Å². The van der Waals surface area contributed by atoms with E-state index in [2.05, 4.69) is 0 Å². The van der Waals surface area contributed by atoms with Crippen LogP contribution in [0.15, 0.2) is 24.3 Å². The second-order valence-corrected chi connectivity index (χ2v) is 6.70. The number of ether oxygens (including phenoxy) is 1. The van der Waals surface area contributed by atoms with Gasteiger partial charge in [-0.25, -0.2) is 9.18 Å². The first-order valence-electron chi connectivity index (χ1n) is 7.07. The van der Waals surface area contributed by atoms with Crippen LogP contribution in [0.1, 0.15) is 32.8 Å². The number of hydrogen-bond acceptors (Lipinski definition) is 3. The maximum absolute atomic E-state index is 13.4. The number of aliphatic carboxylic acids is 1. The highest BCUT2D eigenvalue weighted by Gasteiger charge is 2.49. The molecule has 0 saturated carbocycles. The molecule has 6 heteroatoms. The normalized spacial score (nSPS) is 16.8. The Balaban J connectivity index is 2.15. The number of halogens is 1. The molecule has 0 radical (unpaired) electrons. The van der Waals surface area contributed by atoms with Crippen LogP contribution in [0.25, 0.3) is 0 Å². The largest absolute Gasteiger partial charge is 0.481 e. The smallest absolute Gasteiger partial charge is 0.410 e. The first-order chi connectivity index (χ1) is 10.1. The minimum absolute atomic E-state index is 0.157. The Labute approximate surface area is 128 Å². The van der Waals surface area contributed by atoms with E-state index in [1.54, 1.807) is 32.9 Å². The number of carbonyl (C=O) groups excluding carboxylic acids is 1. The summed E-state index contributed by atoms with van der Waals surface area (Å²) in [5.74, 6) is -1.40. The molecule has 0 spiro atoms. The second kappa shape index (κ2) is 5.59. The van der Waals surface area contributed by atoms with Gasteiger partial charge >= 0.3 is 12.1 Å². The van der Waals surface area contributed by atoms with E-state index in [0.717, 1.165) is 0 Å². The summed E-state index contributed by atoms with van der Waals surface area (Å²) < 4.78 is 18.7. The quantitative estimate of drug-likeness (QED) is 0.932. The number of hydrogen-bond donors (Lipinski definition) is 1. The summed E-state index contributed by atoms with van der Waals surface area (Å²) >= 11 is 0. The SMILES string of the molecule is CC(C)(C)OC(=O)N1CC(CC(=O)O)(c2cccc(F)c2)C1. The van der Waals surface area contributed by atoms with Crippen LogP contribution in [0.4, 0.5) is 9.18 Å². The van der Waals surface area contributed by atoms with Crippen molar-refractivity contribution in [2.45, 2.75) is 38.2 Å². The zero-order valence-electron chi connectivity index (χ0n) is 12.9. The van der Waals surface area contributed by atoms with Crippen LogP contribution >= 0.6 is 0 Å². The first-order valence-corrected chi connectivity index (χ1v) is 7.07. The third-order valence-corrected chi connectivity index (χ3v) is 3.57. The molecule has 1 N–H and O–H groups in total. The fraction of sp³-hybridized carbons (Fsp3) is 0.500. The molecule has 2 rings (SSSR count). The van der Waals surface area contributed by atoms with E-state index >= 15 is 0 Å². The molecule has 5 nitrogen and oxygen atoms in total. The van der Waals surface area contributed by atoms with E-state index in [0.29, 0.717) is 5.56 Å². The highest BCUT2D eigenvalue weighted by molar-refractivity contribution is 5.73. The lowest BCUT2D eigenvalue weighted by molar-refractivity contribution is -0.140. The molecule has 1 aliphatic heterocycles. The topological polar surface area (TPSA) is 66.8 Å². The minimum Gasteiger partial charge on any atom is -0.481 e. The van der Waals surface area contributed by atoms with Gasteiger partial charge in [-0.05, 0) is 38.5 Å². The van der Waals surface area contributed by atoms with Crippen molar-refractivity contribution in [1.29, 1.82) is 0 Å². The van der Waals surface area contributed by atoms with Gasteiger partial charge in [-0.3, -0.25) is 4.79 Å². The highest BCUT2D eigenvalue weighted by Crippen LogP contribution is 2.38. The number of carboxylic acid groups (broad SMARTS) is 1. The molecule has 0 aliphatic carbocycles. The molecule has 0 atom stereocenters. The number of benzene rings is 1. The molecular weight excluding hydrogens is 289 g/mol. The third kappa shape index (κ3) is 3.55. The Kier molecular flexibility index (Phi) is 4.13. The van der Waals surface area contributed by atoms with E-state index < -0.39 is 28.9 Å². The van der Waals surface area contributed by atoms with Gasteiger partial charge in [0.05, 0.1) is 6.42 Å². The number of amides is 1. The van der Waals surface area contributed by atoms with Crippen molar-refractivity contribution in [3.63, 3.8) is 0 Å². The monoisotopic (exact) mass is 309 g/mol. The summed E-state index contributed by atoms with van der Waals surface area (Å²) in [5, 5.41) is 9.13. The zero-order chi connectivity index (χ0) is 16.5. The summed E-state index contributed by atoms with van der Waals surface area (Å²) in [7, 11) is 0. The Bertz CT molecular complexity index is 588. The van der Waals surface area contributed by atoms with Crippen LogP contribution < -0.4 is 0 Å². The van der Waals surface area contributed by atoms with Crippen molar-refractivity contribution in [2.75, 3.05) is 13.1 Å². The Morgan fingerprint density at radius 1 is 1.36 bits per heavy atom. The molecule has 1 aromatic carbocycles. The van der Waals surface area contributed by atoms with Crippen molar-refractivity contribution in [3.8, 4) is 0 Å². The average Bonchev–Trinajstić information content (AvgIpc) is 2.30. The van der Waals surface area contributed by atoms with E-state index in [-0.39, 0.29) is 19.5 Å². The zero-order valence-corrected chi connectivity index (χ0v) is 12.9. The van der Waals surface area contributed by atoms with Crippen molar-refractivity contribution in [1.82, 2.24) is 4.90 Å². The van der Waals surface area contributed by atoms with Crippen LogP contribution in [-0.2, 0) is 14.9 Å². The molecule has 1 aliphatic rings. The van der Waals surface area contributed by atoms with Gasteiger partial charge in [-0.2, -0.15) is 0 Å². The minimum atomic E-state index is -0.979. The average molecular weight is 309 g/mol. The summed E-state index contributed by atoms with van der Waals surface area (Å²) in [4.78, 5) is 24.6. The van der Waals surface area contributed by atoms with E-state index in [1.807, 2.05) is 0 Å². The number of carboxylic acids is 1. The van der Waals surface area contributed by atoms with Gasteiger partial charge in [-0.1, -0.05) is 12.1 Å². The summed E-state index contributed by atoms with van der Waals surface area (Å²) in [6, 6.07) is 5.88. The molecule has 0 bridgehead atoms. The van der Waals surface area contributed by atoms with Gasteiger partial charge in [0.1, 0.15) is 11.4 Å². The van der Waals surface area contributed by atoms with E-state index in [9.17, 15) is 14.0 Å². The van der Waals surface area contributed by atoms with Gasteiger partial charge in [0.2, 0.25) is 0 Å². The van der Waals surface area contributed by atoms with Crippen molar-refractivity contribution in [2.24, 2.45) is 0 Å². The summed E-state index contributed by atoms with van der Waals surface area (Å²) in [6.45, 7) is 5.71. The standard InChI is InChI=1S/C16H20FNO4/c1-15(2,3)22-14(21)18-9-16(10-18,8-13(19)20)11-5-4-6-12(17)7-11/h4-7H,8-10H2,1-3H3,(H,19,20). The molecular formula is C16H20FNO4. The molecule has 1 aromatic rings. The van der Waals surface area contributed by atoms with Crippen molar-refractivity contribution < 1.29 is 23.8 Å². The molecule has 120 valence electrons. The fourth-order valence-corrected chi connectivity index (χ4v) is 2.64. The lowest BCUT2D eigenvalue weighted by atomic mass is 9.71. The molecule has 1 saturated heterocycles. The van der Waals surface area contributed by atoms with Crippen LogP contribution in [-0.4, -0.2) is 40.8 Å². The van der Waals surface area contributed by atoms with Crippen LogP contribution in [0.3, 0.4) is 0 Å². The van der Waals surface area contributed by atoms with Crippen LogP contribution in [0, 0.1) is 5.82 Å². The van der Waals surface area contributed by atoms with Crippen molar-refractivity contribution >= 4 is 12.1 Å². The maximum atomic E-state index is 13.4. The van der Waals surface area contributed by atoms with Crippen molar-refractivity contribution in [3.05, 3.63) is 35.6 Å². The number of nitrogens with zero attached hydrogens (tertiary/aromatic N) is 1. The van der Waals surface area contributed by atoms with Gasteiger partial charge in [0.15, 0.2) is 0 Å². The summed E-state index contributed by atoms with van der Waals surface area (Å²) in [6.07, 6.45) is -0.639. The second-order valence-electron chi connectivity index (χ2n) is 6.70. The van der Waals surface area contributed by atoms with Gasteiger partial charge in [0, 0.05) is 18.5 Å². The lowest BCUT2D eigenvalue weighted by Crippen LogP contribution is -2.62. The maximum Gasteiger partial charge on any atom is 0.410 e. The van der Waals surface area contributed by atoms with Crippen LogP contribution in [0.5, 0.6) is 0 Å². The fourth-order valence-electron chi connectivity index (χ4n) is 2.64. The highest BCUT2D eigenvalue weighted by atomic mass is 19.1. The number of rotatable bonds is 3. The molecule has 22 heavy (non-hydrogen) atoms. The van der Waals surface area contributed by atoms with E-state index in [4.69, 9.17) is 9.84 Å². The molecule has 1 fully saturated rings. The Morgan fingerprint density at radius 2 is 2.00 bits per heavy atom. The number of likely N-dealkylation sites (tertiary alicyclic amines) is 1. The molecule has 0 unspecified atom stereocenters.